The van der Waals surface area contributed by atoms with Gasteiger partial charge in [-0.3, -0.25) is 4.79 Å². The van der Waals surface area contributed by atoms with Crippen molar-refractivity contribution in [2.24, 2.45) is 11.8 Å². The number of urea groups is 1. The van der Waals surface area contributed by atoms with E-state index in [1.807, 2.05) is 48.5 Å². The molecular formula is C24H31N3O2. The molecule has 29 heavy (non-hydrogen) atoms. The Kier molecular flexibility index (Phi) is 7.28. The van der Waals surface area contributed by atoms with Gasteiger partial charge < -0.3 is 15.5 Å². The predicted octanol–water partition coefficient (Wildman–Crippen LogP) is 4.83. The maximum absolute atomic E-state index is 13.0. The Bertz CT molecular complexity index is 792. The van der Waals surface area contributed by atoms with Crippen molar-refractivity contribution in [3.05, 3.63) is 66.2 Å². The molecule has 1 fully saturated rings. The van der Waals surface area contributed by atoms with Crippen LogP contribution in [0.15, 0.2) is 60.7 Å². The summed E-state index contributed by atoms with van der Waals surface area (Å²) >= 11 is 0. The van der Waals surface area contributed by atoms with E-state index in [2.05, 4.69) is 36.6 Å². The van der Waals surface area contributed by atoms with Crippen molar-refractivity contribution in [3.8, 4) is 0 Å². The molecule has 0 aromatic heterocycles. The molecule has 3 amide bonds. The number of likely N-dealkylation sites (tertiary alicyclic amines) is 1. The summed E-state index contributed by atoms with van der Waals surface area (Å²) < 4.78 is 0. The summed E-state index contributed by atoms with van der Waals surface area (Å²) in [6.45, 7) is 5.46. The summed E-state index contributed by atoms with van der Waals surface area (Å²) in [5.74, 6) is 0.334. The van der Waals surface area contributed by atoms with Crippen LogP contribution in [0.5, 0.6) is 0 Å². The van der Waals surface area contributed by atoms with Crippen LogP contribution in [0.25, 0.3) is 0 Å². The minimum atomic E-state index is -0.177. The van der Waals surface area contributed by atoms with Gasteiger partial charge in [-0.2, -0.15) is 0 Å². The molecule has 2 aromatic rings. The van der Waals surface area contributed by atoms with Gasteiger partial charge >= 0.3 is 6.03 Å². The molecule has 1 aliphatic rings. The fourth-order valence-electron chi connectivity index (χ4n) is 3.82. The Balaban J connectivity index is 1.61. The number of para-hydroxylation sites is 1. The fourth-order valence-corrected chi connectivity index (χ4v) is 3.82. The first kappa shape index (κ1) is 20.9. The number of rotatable bonds is 6. The van der Waals surface area contributed by atoms with Crippen molar-refractivity contribution >= 4 is 17.6 Å². The highest BCUT2D eigenvalue weighted by Gasteiger charge is 2.30. The maximum Gasteiger partial charge on any atom is 0.321 e. The third-order valence-electron chi connectivity index (χ3n) is 5.33. The maximum atomic E-state index is 13.0. The normalized spacial score (nSPS) is 17.6. The van der Waals surface area contributed by atoms with Gasteiger partial charge in [-0.1, -0.05) is 62.4 Å². The molecular weight excluding hydrogens is 362 g/mol. The third kappa shape index (κ3) is 6.08. The number of carbonyl (C=O) groups excluding carboxylic acids is 2. The van der Waals surface area contributed by atoms with Gasteiger partial charge in [0.2, 0.25) is 5.91 Å². The monoisotopic (exact) mass is 393 g/mol. The average molecular weight is 394 g/mol. The molecule has 154 valence electrons. The van der Waals surface area contributed by atoms with Crippen LogP contribution in [-0.2, 0) is 4.79 Å². The van der Waals surface area contributed by atoms with Crippen LogP contribution < -0.4 is 10.6 Å². The van der Waals surface area contributed by atoms with Crippen molar-refractivity contribution < 1.29 is 9.59 Å². The van der Waals surface area contributed by atoms with Gasteiger partial charge in [0.25, 0.3) is 0 Å². The zero-order valence-electron chi connectivity index (χ0n) is 17.3. The van der Waals surface area contributed by atoms with E-state index in [9.17, 15) is 9.59 Å². The fraction of sp³-hybridized carbons (Fsp3) is 0.417. The molecule has 2 N–H and O–H groups in total. The van der Waals surface area contributed by atoms with E-state index in [0.717, 1.165) is 30.5 Å². The highest BCUT2D eigenvalue weighted by atomic mass is 16.2. The second kappa shape index (κ2) is 10.1. The second-order valence-electron chi connectivity index (χ2n) is 8.18. The second-order valence-corrected chi connectivity index (χ2v) is 8.18. The summed E-state index contributed by atoms with van der Waals surface area (Å²) in [6.07, 6.45) is 2.53. The number of nitrogens with zero attached hydrogens (tertiary/aromatic N) is 1. The predicted molar refractivity (Wildman–Crippen MR) is 117 cm³/mol. The molecule has 1 aliphatic heterocycles. The summed E-state index contributed by atoms with van der Waals surface area (Å²) in [6, 6.07) is 19.4. The Morgan fingerprint density at radius 2 is 1.69 bits per heavy atom. The molecule has 5 heteroatoms. The van der Waals surface area contributed by atoms with Crippen molar-refractivity contribution in [2.75, 3.05) is 18.4 Å². The van der Waals surface area contributed by atoms with E-state index in [-0.39, 0.29) is 23.9 Å². The molecule has 2 aromatic carbocycles. The quantitative estimate of drug-likeness (QED) is 0.738. The van der Waals surface area contributed by atoms with Gasteiger partial charge in [-0.15, -0.1) is 0 Å². The van der Waals surface area contributed by atoms with Gasteiger partial charge in [0.05, 0.1) is 12.0 Å². The van der Waals surface area contributed by atoms with Gasteiger partial charge in [-0.25, -0.2) is 4.79 Å². The first-order valence-corrected chi connectivity index (χ1v) is 10.5. The highest BCUT2D eigenvalue weighted by molar-refractivity contribution is 5.90. The summed E-state index contributed by atoms with van der Waals surface area (Å²) in [7, 11) is 0. The molecule has 0 aliphatic carbocycles. The van der Waals surface area contributed by atoms with Crippen LogP contribution in [-0.4, -0.2) is 29.9 Å². The average Bonchev–Trinajstić information content (AvgIpc) is 2.74. The lowest BCUT2D eigenvalue weighted by Crippen LogP contribution is -2.47. The number of amides is 3. The lowest BCUT2D eigenvalue weighted by Gasteiger charge is -2.33. The molecule has 3 rings (SSSR count). The molecule has 0 spiro atoms. The minimum Gasteiger partial charge on any atom is -0.349 e. The van der Waals surface area contributed by atoms with Crippen LogP contribution in [0, 0.1) is 11.8 Å². The Morgan fingerprint density at radius 3 is 2.34 bits per heavy atom. The van der Waals surface area contributed by atoms with E-state index < -0.39 is 0 Å². The van der Waals surface area contributed by atoms with Crippen LogP contribution in [0.1, 0.15) is 44.7 Å². The lowest BCUT2D eigenvalue weighted by molar-refractivity contribution is -0.127. The third-order valence-corrected chi connectivity index (χ3v) is 5.33. The molecule has 0 bridgehead atoms. The van der Waals surface area contributed by atoms with Crippen molar-refractivity contribution in [1.82, 2.24) is 10.2 Å². The zero-order valence-corrected chi connectivity index (χ0v) is 17.3. The molecule has 5 nitrogen and oxygen atoms in total. The smallest absolute Gasteiger partial charge is 0.321 e. The van der Waals surface area contributed by atoms with Gasteiger partial charge in [0.15, 0.2) is 0 Å². The number of anilines is 1. The standard InChI is InChI=1S/C24H31N3O2/c1-18(2)16-22(19-10-5-3-6-11-19)26-23(28)20-12-9-15-27(17-20)24(29)25-21-13-7-4-8-14-21/h3-8,10-11,13-14,18,20,22H,9,12,15-17H2,1-2H3,(H,25,29)(H,26,28). The van der Waals surface area contributed by atoms with Gasteiger partial charge in [0, 0.05) is 18.8 Å². The summed E-state index contributed by atoms with van der Waals surface area (Å²) in [5.41, 5.74) is 1.90. The molecule has 1 heterocycles. The molecule has 2 unspecified atom stereocenters. The number of carbonyl (C=O) groups is 2. The zero-order chi connectivity index (χ0) is 20.6. The van der Waals surface area contributed by atoms with E-state index >= 15 is 0 Å². The van der Waals surface area contributed by atoms with Crippen LogP contribution in [0.4, 0.5) is 10.5 Å². The topological polar surface area (TPSA) is 61.4 Å². The first-order chi connectivity index (χ1) is 14.0. The number of hydrogen-bond acceptors (Lipinski definition) is 2. The number of nitrogens with one attached hydrogen (secondary N) is 2. The Labute approximate surface area is 173 Å². The van der Waals surface area contributed by atoms with E-state index in [4.69, 9.17) is 0 Å². The lowest BCUT2D eigenvalue weighted by atomic mass is 9.93. The van der Waals surface area contributed by atoms with E-state index in [1.54, 1.807) is 4.90 Å². The number of hydrogen-bond donors (Lipinski definition) is 2. The largest absolute Gasteiger partial charge is 0.349 e. The Hall–Kier alpha value is -2.82. The van der Waals surface area contributed by atoms with E-state index in [1.165, 1.54) is 0 Å². The number of benzene rings is 2. The Morgan fingerprint density at radius 1 is 1.03 bits per heavy atom. The van der Waals surface area contributed by atoms with Crippen molar-refractivity contribution in [1.29, 1.82) is 0 Å². The molecule has 1 saturated heterocycles. The van der Waals surface area contributed by atoms with Crippen LogP contribution >= 0.6 is 0 Å². The van der Waals surface area contributed by atoms with Gasteiger partial charge in [0.1, 0.15) is 0 Å². The van der Waals surface area contributed by atoms with Gasteiger partial charge in [-0.05, 0) is 42.9 Å². The van der Waals surface area contributed by atoms with Crippen LogP contribution in [0.2, 0.25) is 0 Å². The SMILES string of the molecule is CC(C)CC(NC(=O)C1CCCN(C(=O)Nc2ccccc2)C1)c1ccccc1. The summed E-state index contributed by atoms with van der Waals surface area (Å²) in [5, 5.41) is 6.17. The minimum absolute atomic E-state index is 0.00257. The van der Waals surface area contributed by atoms with Crippen molar-refractivity contribution in [3.63, 3.8) is 0 Å². The molecule has 2 atom stereocenters. The summed E-state index contributed by atoms with van der Waals surface area (Å²) in [4.78, 5) is 27.4. The van der Waals surface area contributed by atoms with Crippen LogP contribution in [0.3, 0.4) is 0 Å². The van der Waals surface area contributed by atoms with E-state index in [0.29, 0.717) is 19.0 Å². The number of piperidine rings is 1. The molecule has 0 radical (unpaired) electrons. The highest BCUT2D eigenvalue weighted by Crippen LogP contribution is 2.24. The first-order valence-electron chi connectivity index (χ1n) is 10.5. The van der Waals surface area contributed by atoms with Crippen molar-refractivity contribution in [2.45, 2.75) is 39.2 Å². The molecule has 0 saturated carbocycles.